The van der Waals surface area contributed by atoms with Gasteiger partial charge in [-0.1, -0.05) is 48.5 Å². The van der Waals surface area contributed by atoms with E-state index in [1.165, 1.54) is 19.3 Å². The Morgan fingerprint density at radius 2 is 1.59 bits per heavy atom. The largest absolute Gasteiger partial charge is 0.349 e. The number of carbonyl (C=O) groups is 2. The van der Waals surface area contributed by atoms with Gasteiger partial charge in [-0.25, -0.2) is 4.79 Å². The fourth-order valence-electron chi connectivity index (χ4n) is 3.11. The predicted octanol–water partition coefficient (Wildman–Crippen LogP) is 5.70. The van der Waals surface area contributed by atoms with Gasteiger partial charge in [0.05, 0.1) is 15.7 Å². The van der Waals surface area contributed by atoms with Crippen molar-refractivity contribution in [3.8, 4) is 0 Å². The molecular weight excluding hydrogens is 385 g/mol. The van der Waals surface area contributed by atoms with Crippen molar-refractivity contribution in [3.05, 3.63) is 58.1 Å². The van der Waals surface area contributed by atoms with Crippen molar-refractivity contribution >= 4 is 46.5 Å². The number of benzene rings is 2. The van der Waals surface area contributed by atoms with Crippen molar-refractivity contribution in [1.29, 1.82) is 0 Å². The number of rotatable bonds is 4. The van der Waals surface area contributed by atoms with Crippen molar-refractivity contribution in [1.82, 2.24) is 5.32 Å². The average molecular weight is 406 g/mol. The Bertz CT molecular complexity index is 818. The van der Waals surface area contributed by atoms with Crippen LogP contribution in [0.2, 0.25) is 10.0 Å². The van der Waals surface area contributed by atoms with Gasteiger partial charge >= 0.3 is 6.03 Å². The number of halogens is 2. The molecule has 0 aliphatic heterocycles. The highest BCUT2D eigenvalue weighted by Crippen LogP contribution is 2.29. The molecule has 2 aromatic carbocycles. The lowest BCUT2D eigenvalue weighted by Crippen LogP contribution is -2.36. The van der Waals surface area contributed by atoms with Gasteiger partial charge in [-0.05, 0) is 49.2 Å². The third-order valence-electron chi connectivity index (χ3n) is 4.55. The summed E-state index contributed by atoms with van der Waals surface area (Å²) in [5.74, 6) is -0.0800. The first-order valence-electron chi connectivity index (χ1n) is 8.96. The van der Waals surface area contributed by atoms with E-state index < -0.39 is 6.03 Å². The van der Waals surface area contributed by atoms with E-state index in [0.717, 1.165) is 12.8 Å². The van der Waals surface area contributed by atoms with E-state index in [1.54, 1.807) is 42.5 Å². The van der Waals surface area contributed by atoms with Crippen molar-refractivity contribution in [2.24, 2.45) is 0 Å². The fourth-order valence-corrected chi connectivity index (χ4v) is 3.45. The summed E-state index contributed by atoms with van der Waals surface area (Å²) in [5.41, 5.74) is 1.56. The topological polar surface area (TPSA) is 70.2 Å². The van der Waals surface area contributed by atoms with Gasteiger partial charge in [-0.3, -0.25) is 4.79 Å². The van der Waals surface area contributed by atoms with Crippen LogP contribution in [0.25, 0.3) is 0 Å². The zero-order chi connectivity index (χ0) is 19.2. The molecule has 27 heavy (non-hydrogen) atoms. The Morgan fingerprint density at radius 3 is 2.30 bits per heavy atom. The highest BCUT2D eigenvalue weighted by atomic mass is 35.5. The molecule has 5 nitrogen and oxygen atoms in total. The number of carbonyl (C=O) groups excluding carboxylic acids is 2. The molecule has 142 valence electrons. The molecule has 7 heteroatoms. The summed E-state index contributed by atoms with van der Waals surface area (Å²) in [6.45, 7) is 0. The first-order chi connectivity index (χ1) is 13.0. The first kappa shape index (κ1) is 19.5. The number of amides is 3. The molecule has 3 rings (SSSR count). The van der Waals surface area contributed by atoms with E-state index in [9.17, 15) is 9.59 Å². The lowest BCUT2D eigenvalue weighted by atomic mass is 9.95. The summed E-state index contributed by atoms with van der Waals surface area (Å²) in [7, 11) is 0. The van der Waals surface area contributed by atoms with Gasteiger partial charge in [0.2, 0.25) is 0 Å². The van der Waals surface area contributed by atoms with Crippen LogP contribution in [0.5, 0.6) is 0 Å². The number of hydrogen-bond acceptors (Lipinski definition) is 2. The zero-order valence-corrected chi connectivity index (χ0v) is 16.2. The molecule has 1 saturated carbocycles. The molecule has 0 spiro atoms. The van der Waals surface area contributed by atoms with Crippen LogP contribution >= 0.6 is 23.2 Å². The van der Waals surface area contributed by atoms with Crippen molar-refractivity contribution in [2.75, 3.05) is 10.6 Å². The van der Waals surface area contributed by atoms with Gasteiger partial charge in [0, 0.05) is 17.3 Å². The van der Waals surface area contributed by atoms with Crippen LogP contribution in [-0.4, -0.2) is 18.0 Å². The second kappa shape index (κ2) is 9.11. The highest BCUT2D eigenvalue weighted by Gasteiger charge is 2.16. The van der Waals surface area contributed by atoms with Crippen LogP contribution in [0.4, 0.5) is 16.2 Å². The Morgan fingerprint density at radius 1 is 0.889 bits per heavy atom. The monoisotopic (exact) mass is 405 g/mol. The Balaban J connectivity index is 1.56. The van der Waals surface area contributed by atoms with Crippen LogP contribution in [-0.2, 0) is 0 Å². The molecule has 0 unspecified atom stereocenters. The predicted molar refractivity (Wildman–Crippen MR) is 110 cm³/mol. The van der Waals surface area contributed by atoms with Crippen LogP contribution in [0.3, 0.4) is 0 Å². The molecule has 1 aliphatic carbocycles. The minimum Gasteiger partial charge on any atom is -0.349 e. The van der Waals surface area contributed by atoms with Gasteiger partial charge in [-0.2, -0.15) is 0 Å². The van der Waals surface area contributed by atoms with Crippen molar-refractivity contribution in [3.63, 3.8) is 0 Å². The molecule has 1 fully saturated rings. The maximum atomic E-state index is 12.3. The van der Waals surface area contributed by atoms with E-state index in [-0.39, 0.29) is 17.0 Å². The highest BCUT2D eigenvalue weighted by molar-refractivity contribution is 6.44. The lowest BCUT2D eigenvalue weighted by molar-refractivity contribution is 0.0927. The standard InChI is InChI=1S/C20H21Cl2N3O2/c21-16-7-4-8-17(18(16)22)25-20(27)24-15-11-9-13(10-12-15)19(26)23-14-5-2-1-3-6-14/h4,7-12,14H,1-3,5-6H2,(H,23,26)(H2,24,25,27). The molecule has 3 N–H and O–H groups in total. The normalized spacial score (nSPS) is 14.4. The Kier molecular flexibility index (Phi) is 6.58. The molecule has 0 saturated heterocycles. The number of nitrogens with one attached hydrogen (secondary N) is 3. The van der Waals surface area contributed by atoms with E-state index in [0.29, 0.717) is 22.0 Å². The summed E-state index contributed by atoms with van der Waals surface area (Å²) in [4.78, 5) is 24.4. The minimum atomic E-state index is -0.446. The maximum absolute atomic E-state index is 12.3. The molecule has 2 aromatic rings. The molecule has 0 atom stereocenters. The van der Waals surface area contributed by atoms with Gasteiger partial charge in [0.1, 0.15) is 0 Å². The Labute approximate surface area is 168 Å². The summed E-state index contributed by atoms with van der Waals surface area (Å²) in [5, 5.41) is 9.07. The number of anilines is 2. The van der Waals surface area contributed by atoms with E-state index >= 15 is 0 Å². The molecule has 0 aromatic heterocycles. The van der Waals surface area contributed by atoms with Gasteiger partial charge in [-0.15, -0.1) is 0 Å². The zero-order valence-electron chi connectivity index (χ0n) is 14.7. The third-order valence-corrected chi connectivity index (χ3v) is 5.36. The summed E-state index contributed by atoms with van der Waals surface area (Å²) in [6.07, 6.45) is 5.66. The minimum absolute atomic E-state index is 0.0800. The smallest absolute Gasteiger partial charge is 0.323 e. The Hall–Kier alpha value is -2.24. The number of urea groups is 1. The molecule has 1 aliphatic rings. The molecule has 0 radical (unpaired) electrons. The number of hydrogen-bond donors (Lipinski definition) is 3. The van der Waals surface area contributed by atoms with Crippen molar-refractivity contribution in [2.45, 2.75) is 38.1 Å². The summed E-state index contributed by atoms with van der Waals surface area (Å²) >= 11 is 12.0. The third kappa shape index (κ3) is 5.37. The fraction of sp³-hybridized carbons (Fsp3) is 0.300. The van der Waals surface area contributed by atoms with Gasteiger partial charge < -0.3 is 16.0 Å². The summed E-state index contributed by atoms with van der Waals surface area (Å²) < 4.78 is 0. The van der Waals surface area contributed by atoms with Crippen molar-refractivity contribution < 1.29 is 9.59 Å². The molecular formula is C20H21Cl2N3O2. The first-order valence-corrected chi connectivity index (χ1v) is 9.71. The van der Waals surface area contributed by atoms with E-state index in [4.69, 9.17) is 23.2 Å². The summed E-state index contributed by atoms with van der Waals surface area (Å²) in [6, 6.07) is 11.6. The van der Waals surface area contributed by atoms with E-state index in [2.05, 4.69) is 16.0 Å². The van der Waals surface area contributed by atoms with Crippen LogP contribution in [0, 0.1) is 0 Å². The maximum Gasteiger partial charge on any atom is 0.323 e. The van der Waals surface area contributed by atoms with Crippen LogP contribution in [0.1, 0.15) is 42.5 Å². The van der Waals surface area contributed by atoms with Crippen LogP contribution in [0.15, 0.2) is 42.5 Å². The SMILES string of the molecule is O=C(Nc1ccc(C(=O)NC2CCCCC2)cc1)Nc1cccc(Cl)c1Cl. The lowest BCUT2D eigenvalue weighted by Gasteiger charge is -2.22. The quantitative estimate of drug-likeness (QED) is 0.610. The van der Waals surface area contributed by atoms with E-state index in [1.807, 2.05) is 0 Å². The van der Waals surface area contributed by atoms with Crippen LogP contribution < -0.4 is 16.0 Å². The molecule has 3 amide bonds. The van der Waals surface area contributed by atoms with Gasteiger partial charge in [0.25, 0.3) is 5.91 Å². The molecule has 0 heterocycles. The average Bonchev–Trinajstić information content (AvgIpc) is 2.67. The molecule has 0 bridgehead atoms. The second-order valence-corrected chi connectivity index (χ2v) is 7.35. The van der Waals surface area contributed by atoms with Gasteiger partial charge in [0.15, 0.2) is 0 Å². The second-order valence-electron chi connectivity index (χ2n) is 6.57.